The van der Waals surface area contributed by atoms with E-state index in [0.29, 0.717) is 18.7 Å². The molecule has 0 heterocycles. The molecule has 0 bridgehead atoms. The Balaban J connectivity index is 1.70. The van der Waals surface area contributed by atoms with Crippen LogP contribution in [0.4, 0.5) is 4.39 Å². The van der Waals surface area contributed by atoms with Crippen molar-refractivity contribution < 1.29 is 13.9 Å². The van der Waals surface area contributed by atoms with E-state index < -0.39 is 0 Å². The van der Waals surface area contributed by atoms with Gasteiger partial charge in [-0.1, -0.05) is 30.3 Å². The van der Waals surface area contributed by atoms with E-state index in [0.717, 1.165) is 5.75 Å². The van der Waals surface area contributed by atoms with E-state index in [4.69, 9.17) is 4.74 Å². The van der Waals surface area contributed by atoms with Crippen molar-refractivity contribution in [1.29, 1.82) is 0 Å². The number of para-hydroxylation sites is 1. The third-order valence-corrected chi connectivity index (χ3v) is 2.69. The number of nitrogens with one attached hydrogen (secondary N) is 1. The van der Waals surface area contributed by atoms with Gasteiger partial charge in [-0.25, -0.2) is 4.39 Å². The fraction of sp³-hybridized carbons (Fsp3) is 0.118. The van der Waals surface area contributed by atoms with Crippen LogP contribution in [0.15, 0.2) is 60.7 Å². The summed E-state index contributed by atoms with van der Waals surface area (Å²) >= 11 is 0. The molecule has 0 unspecified atom stereocenters. The van der Waals surface area contributed by atoms with E-state index in [2.05, 4.69) is 5.32 Å². The molecule has 0 saturated heterocycles. The van der Waals surface area contributed by atoms with Crippen LogP contribution < -0.4 is 10.1 Å². The molecule has 1 amide bonds. The average molecular weight is 285 g/mol. The van der Waals surface area contributed by atoms with Gasteiger partial charge >= 0.3 is 0 Å². The molecule has 0 aliphatic carbocycles. The first-order chi connectivity index (χ1) is 10.2. The Bertz CT molecular complexity index is 611. The second-order valence-corrected chi connectivity index (χ2v) is 4.34. The van der Waals surface area contributed by atoms with Crippen molar-refractivity contribution in [2.24, 2.45) is 0 Å². The highest BCUT2D eigenvalue weighted by atomic mass is 19.1. The van der Waals surface area contributed by atoms with Crippen LogP contribution in [0.25, 0.3) is 6.08 Å². The Labute approximate surface area is 123 Å². The van der Waals surface area contributed by atoms with Gasteiger partial charge in [-0.15, -0.1) is 0 Å². The van der Waals surface area contributed by atoms with Crippen LogP contribution in [-0.2, 0) is 4.79 Å². The maximum atomic E-state index is 13.0. The van der Waals surface area contributed by atoms with E-state index in [9.17, 15) is 9.18 Å². The van der Waals surface area contributed by atoms with Gasteiger partial charge in [0, 0.05) is 6.08 Å². The Morgan fingerprint density at radius 3 is 2.71 bits per heavy atom. The number of rotatable bonds is 6. The van der Waals surface area contributed by atoms with Crippen molar-refractivity contribution >= 4 is 12.0 Å². The van der Waals surface area contributed by atoms with Crippen molar-refractivity contribution in [3.8, 4) is 5.75 Å². The summed E-state index contributed by atoms with van der Waals surface area (Å²) in [5.74, 6) is 0.201. The van der Waals surface area contributed by atoms with Crippen LogP contribution in [0.2, 0.25) is 0 Å². The molecular formula is C17H16FNO2. The van der Waals surface area contributed by atoms with E-state index >= 15 is 0 Å². The van der Waals surface area contributed by atoms with Gasteiger partial charge in [0.05, 0.1) is 6.54 Å². The van der Waals surface area contributed by atoms with Gasteiger partial charge in [-0.3, -0.25) is 4.79 Å². The van der Waals surface area contributed by atoms with Crippen LogP contribution in [0.5, 0.6) is 5.75 Å². The third kappa shape index (κ3) is 5.48. The standard InChI is InChI=1S/C17H16FNO2/c18-15-6-4-5-14(13-15)9-10-17(20)19-11-12-21-16-7-2-1-3-8-16/h1-10,13H,11-12H2,(H,19,20)/b10-9+. The predicted molar refractivity (Wildman–Crippen MR) is 80.4 cm³/mol. The van der Waals surface area contributed by atoms with Crippen LogP contribution in [0.3, 0.4) is 0 Å². The van der Waals surface area contributed by atoms with Gasteiger partial charge in [0.2, 0.25) is 5.91 Å². The second kappa shape index (κ2) is 7.85. The molecule has 4 heteroatoms. The highest BCUT2D eigenvalue weighted by Gasteiger charge is 1.96. The molecule has 0 saturated carbocycles. The summed E-state index contributed by atoms with van der Waals surface area (Å²) in [4.78, 5) is 11.6. The molecule has 0 atom stereocenters. The van der Waals surface area contributed by atoms with Crippen LogP contribution in [-0.4, -0.2) is 19.1 Å². The van der Waals surface area contributed by atoms with Crippen molar-refractivity contribution in [3.05, 3.63) is 72.1 Å². The minimum atomic E-state index is -0.325. The Morgan fingerprint density at radius 2 is 1.95 bits per heavy atom. The monoisotopic (exact) mass is 285 g/mol. The van der Waals surface area contributed by atoms with Crippen molar-refractivity contribution in [2.45, 2.75) is 0 Å². The van der Waals surface area contributed by atoms with Gasteiger partial charge in [-0.05, 0) is 35.9 Å². The SMILES string of the molecule is O=C(/C=C/c1cccc(F)c1)NCCOc1ccccc1. The maximum absolute atomic E-state index is 13.0. The van der Waals surface area contributed by atoms with Gasteiger partial charge in [0.1, 0.15) is 18.2 Å². The molecule has 0 aliphatic heterocycles. The molecule has 3 nitrogen and oxygen atoms in total. The summed E-state index contributed by atoms with van der Waals surface area (Å²) in [6, 6.07) is 15.4. The lowest BCUT2D eigenvalue weighted by Crippen LogP contribution is -2.26. The lowest BCUT2D eigenvalue weighted by Gasteiger charge is -2.06. The highest BCUT2D eigenvalue weighted by Crippen LogP contribution is 2.07. The fourth-order valence-electron chi connectivity index (χ4n) is 1.70. The number of ether oxygens (including phenoxy) is 1. The average Bonchev–Trinajstić information content (AvgIpc) is 2.51. The number of halogens is 1. The molecule has 0 radical (unpaired) electrons. The summed E-state index contributed by atoms with van der Waals surface area (Å²) in [6.45, 7) is 0.796. The van der Waals surface area contributed by atoms with E-state index in [1.165, 1.54) is 18.2 Å². The Hall–Kier alpha value is -2.62. The summed E-state index contributed by atoms with van der Waals surface area (Å²) in [7, 11) is 0. The highest BCUT2D eigenvalue weighted by molar-refractivity contribution is 5.91. The van der Waals surface area contributed by atoms with Crippen LogP contribution in [0, 0.1) is 5.82 Å². The van der Waals surface area contributed by atoms with Gasteiger partial charge in [0.25, 0.3) is 0 Å². The number of amides is 1. The number of hydrogen-bond acceptors (Lipinski definition) is 2. The summed E-state index contributed by atoms with van der Waals surface area (Å²) in [5.41, 5.74) is 0.644. The van der Waals surface area contributed by atoms with E-state index in [1.807, 2.05) is 30.3 Å². The second-order valence-electron chi connectivity index (χ2n) is 4.34. The molecular weight excluding hydrogens is 269 g/mol. The molecule has 0 fully saturated rings. The zero-order chi connectivity index (χ0) is 14.9. The normalized spacial score (nSPS) is 10.5. The molecule has 0 aromatic heterocycles. The first-order valence-corrected chi connectivity index (χ1v) is 6.63. The quantitative estimate of drug-likeness (QED) is 0.654. The molecule has 1 N–H and O–H groups in total. The van der Waals surface area contributed by atoms with Crippen LogP contribution >= 0.6 is 0 Å². The molecule has 21 heavy (non-hydrogen) atoms. The fourth-order valence-corrected chi connectivity index (χ4v) is 1.70. The first kappa shape index (κ1) is 14.8. The third-order valence-electron chi connectivity index (χ3n) is 2.69. The van der Waals surface area contributed by atoms with E-state index in [1.54, 1.807) is 18.2 Å². The zero-order valence-corrected chi connectivity index (χ0v) is 11.5. The molecule has 0 aliphatic rings. The number of carbonyl (C=O) groups excluding carboxylic acids is 1. The van der Waals surface area contributed by atoms with Crippen molar-refractivity contribution in [2.75, 3.05) is 13.2 Å². The lowest BCUT2D eigenvalue weighted by molar-refractivity contribution is -0.116. The topological polar surface area (TPSA) is 38.3 Å². The Kier molecular flexibility index (Phi) is 5.52. The van der Waals surface area contributed by atoms with Crippen molar-refractivity contribution in [3.63, 3.8) is 0 Å². The minimum Gasteiger partial charge on any atom is -0.492 e. The number of benzene rings is 2. The minimum absolute atomic E-state index is 0.240. The summed E-state index contributed by atoms with van der Waals surface area (Å²) in [6.07, 6.45) is 2.94. The zero-order valence-electron chi connectivity index (χ0n) is 11.5. The molecule has 2 aromatic rings. The first-order valence-electron chi connectivity index (χ1n) is 6.63. The van der Waals surface area contributed by atoms with E-state index in [-0.39, 0.29) is 11.7 Å². The molecule has 108 valence electrons. The predicted octanol–water partition coefficient (Wildman–Crippen LogP) is 3.03. The summed E-state index contributed by atoms with van der Waals surface area (Å²) < 4.78 is 18.4. The molecule has 2 rings (SSSR count). The van der Waals surface area contributed by atoms with Crippen LogP contribution in [0.1, 0.15) is 5.56 Å². The largest absolute Gasteiger partial charge is 0.492 e. The molecule has 0 spiro atoms. The Morgan fingerprint density at radius 1 is 1.14 bits per heavy atom. The van der Waals surface area contributed by atoms with Crippen molar-refractivity contribution in [1.82, 2.24) is 5.32 Å². The maximum Gasteiger partial charge on any atom is 0.244 e. The van der Waals surface area contributed by atoms with Gasteiger partial charge in [-0.2, -0.15) is 0 Å². The summed E-state index contributed by atoms with van der Waals surface area (Å²) in [5, 5.41) is 2.69. The smallest absolute Gasteiger partial charge is 0.244 e. The lowest BCUT2D eigenvalue weighted by atomic mass is 10.2. The number of carbonyl (C=O) groups is 1. The molecule has 2 aromatic carbocycles. The van der Waals surface area contributed by atoms with Gasteiger partial charge < -0.3 is 10.1 Å². The van der Waals surface area contributed by atoms with Gasteiger partial charge in [0.15, 0.2) is 0 Å². The number of hydrogen-bond donors (Lipinski definition) is 1.